The third-order valence-corrected chi connectivity index (χ3v) is 3.91. The van der Waals surface area contributed by atoms with E-state index in [1.807, 2.05) is 44.2 Å². The molecule has 0 radical (unpaired) electrons. The summed E-state index contributed by atoms with van der Waals surface area (Å²) < 4.78 is 0. The Balaban J connectivity index is 2.11. The summed E-state index contributed by atoms with van der Waals surface area (Å²) in [5, 5.41) is 5.75. The Morgan fingerprint density at radius 3 is 2.32 bits per heavy atom. The van der Waals surface area contributed by atoms with Gasteiger partial charge in [0.05, 0.1) is 0 Å². The van der Waals surface area contributed by atoms with Gasteiger partial charge in [0.2, 0.25) is 11.8 Å². The van der Waals surface area contributed by atoms with E-state index in [2.05, 4.69) is 10.6 Å². The molecule has 2 N–H and O–H groups in total. The molecule has 102 valence electrons. The largest absolute Gasteiger partial charge is 0.342 e. The average molecular weight is 260 g/mol. The summed E-state index contributed by atoms with van der Waals surface area (Å²) >= 11 is 0. The topological polar surface area (TPSA) is 58.2 Å². The van der Waals surface area contributed by atoms with Crippen LogP contribution in [0.4, 0.5) is 0 Å². The Morgan fingerprint density at radius 2 is 1.74 bits per heavy atom. The summed E-state index contributed by atoms with van der Waals surface area (Å²) in [5.74, 6) is -0.162. The molecule has 0 aliphatic carbocycles. The van der Waals surface area contributed by atoms with E-state index in [0.29, 0.717) is 19.3 Å². The van der Waals surface area contributed by atoms with E-state index < -0.39 is 11.6 Å². The van der Waals surface area contributed by atoms with Crippen molar-refractivity contribution >= 4 is 11.8 Å². The number of rotatable bonds is 4. The molecule has 1 aromatic rings. The molecular weight excluding hydrogens is 240 g/mol. The summed E-state index contributed by atoms with van der Waals surface area (Å²) in [4.78, 5) is 24.4. The fraction of sp³-hybridized carbons (Fsp3) is 0.467. The van der Waals surface area contributed by atoms with Gasteiger partial charge in [-0.05, 0) is 18.4 Å². The van der Waals surface area contributed by atoms with Crippen molar-refractivity contribution in [3.8, 4) is 0 Å². The maximum Gasteiger partial charge on any atom is 0.246 e. The lowest BCUT2D eigenvalue weighted by molar-refractivity contribution is -0.142. The lowest BCUT2D eigenvalue weighted by Crippen LogP contribution is -2.69. The van der Waals surface area contributed by atoms with Crippen molar-refractivity contribution in [2.24, 2.45) is 0 Å². The molecule has 1 aromatic carbocycles. The first-order valence-electron chi connectivity index (χ1n) is 6.78. The molecule has 0 bridgehead atoms. The highest BCUT2D eigenvalue weighted by Crippen LogP contribution is 2.20. The monoisotopic (exact) mass is 260 g/mol. The van der Waals surface area contributed by atoms with Gasteiger partial charge in [-0.2, -0.15) is 0 Å². The van der Waals surface area contributed by atoms with Crippen molar-refractivity contribution in [2.45, 2.75) is 44.7 Å². The molecule has 1 saturated heterocycles. The fourth-order valence-corrected chi connectivity index (χ4v) is 2.48. The first kappa shape index (κ1) is 13.6. The number of hydrogen-bond donors (Lipinski definition) is 2. The molecule has 1 heterocycles. The quantitative estimate of drug-likeness (QED) is 0.859. The first-order valence-corrected chi connectivity index (χ1v) is 6.78. The minimum absolute atomic E-state index is 0.0713. The summed E-state index contributed by atoms with van der Waals surface area (Å²) in [6.07, 6.45) is 1.75. The van der Waals surface area contributed by atoms with Crippen LogP contribution in [0.15, 0.2) is 30.3 Å². The Kier molecular flexibility index (Phi) is 3.88. The van der Waals surface area contributed by atoms with Gasteiger partial charge >= 0.3 is 0 Å². The lowest BCUT2D eigenvalue weighted by Gasteiger charge is -2.38. The average Bonchev–Trinajstić information content (AvgIpc) is 2.44. The summed E-state index contributed by atoms with van der Waals surface area (Å²) in [6.45, 7) is 3.84. The molecule has 0 spiro atoms. The van der Waals surface area contributed by atoms with Gasteiger partial charge in [-0.25, -0.2) is 0 Å². The predicted molar refractivity (Wildman–Crippen MR) is 73.5 cm³/mol. The zero-order chi connectivity index (χ0) is 13.9. The molecule has 1 unspecified atom stereocenters. The van der Waals surface area contributed by atoms with Gasteiger partial charge in [-0.15, -0.1) is 0 Å². The Morgan fingerprint density at radius 1 is 1.11 bits per heavy atom. The number of carbonyl (C=O) groups is 2. The van der Waals surface area contributed by atoms with Crippen molar-refractivity contribution in [1.29, 1.82) is 0 Å². The van der Waals surface area contributed by atoms with Gasteiger partial charge in [0, 0.05) is 6.42 Å². The zero-order valence-electron chi connectivity index (χ0n) is 11.4. The number of hydrogen-bond acceptors (Lipinski definition) is 2. The van der Waals surface area contributed by atoms with E-state index >= 15 is 0 Å². The van der Waals surface area contributed by atoms with Gasteiger partial charge in [0.1, 0.15) is 11.6 Å². The van der Waals surface area contributed by atoms with Crippen LogP contribution in [0.3, 0.4) is 0 Å². The van der Waals surface area contributed by atoms with E-state index in [4.69, 9.17) is 0 Å². The maximum atomic E-state index is 12.2. The van der Waals surface area contributed by atoms with Crippen LogP contribution in [0.25, 0.3) is 0 Å². The second kappa shape index (κ2) is 5.43. The SMILES string of the molecule is CCC1(CC)NC(=O)C(Cc2ccccc2)NC1=O. The number of benzene rings is 1. The highest BCUT2D eigenvalue weighted by Gasteiger charge is 2.43. The van der Waals surface area contributed by atoms with Gasteiger partial charge in [-0.3, -0.25) is 9.59 Å². The number of carbonyl (C=O) groups excluding carboxylic acids is 2. The van der Waals surface area contributed by atoms with Crippen LogP contribution in [-0.2, 0) is 16.0 Å². The van der Waals surface area contributed by atoms with Gasteiger partial charge in [0.15, 0.2) is 0 Å². The summed E-state index contributed by atoms with van der Waals surface area (Å²) in [6, 6.07) is 9.24. The van der Waals surface area contributed by atoms with Crippen LogP contribution in [0, 0.1) is 0 Å². The predicted octanol–water partition coefficient (Wildman–Crippen LogP) is 1.40. The van der Waals surface area contributed by atoms with Crippen LogP contribution >= 0.6 is 0 Å². The smallest absolute Gasteiger partial charge is 0.246 e. The number of amides is 2. The van der Waals surface area contributed by atoms with E-state index in [-0.39, 0.29) is 11.8 Å². The zero-order valence-corrected chi connectivity index (χ0v) is 11.4. The highest BCUT2D eigenvalue weighted by atomic mass is 16.2. The third kappa shape index (κ3) is 2.62. The molecule has 1 aliphatic heterocycles. The minimum Gasteiger partial charge on any atom is -0.342 e. The molecule has 2 amide bonds. The van der Waals surface area contributed by atoms with Crippen molar-refractivity contribution in [3.05, 3.63) is 35.9 Å². The lowest BCUT2D eigenvalue weighted by atomic mass is 9.87. The maximum absolute atomic E-state index is 12.2. The molecule has 4 nitrogen and oxygen atoms in total. The minimum atomic E-state index is -0.732. The molecular formula is C15H20N2O2. The molecule has 19 heavy (non-hydrogen) atoms. The van der Waals surface area contributed by atoms with Crippen LogP contribution in [-0.4, -0.2) is 23.4 Å². The number of nitrogens with one attached hydrogen (secondary N) is 2. The Hall–Kier alpha value is -1.84. The number of piperazine rings is 1. The van der Waals surface area contributed by atoms with Crippen LogP contribution in [0.5, 0.6) is 0 Å². The summed E-state index contributed by atoms with van der Waals surface area (Å²) in [7, 11) is 0. The van der Waals surface area contributed by atoms with E-state index in [1.165, 1.54) is 0 Å². The second-order valence-corrected chi connectivity index (χ2v) is 4.99. The van der Waals surface area contributed by atoms with Crippen molar-refractivity contribution in [3.63, 3.8) is 0 Å². The molecule has 0 saturated carbocycles. The molecule has 1 fully saturated rings. The Bertz CT molecular complexity index is 466. The van der Waals surface area contributed by atoms with Gasteiger partial charge in [-0.1, -0.05) is 44.2 Å². The second-order valence-electron chi connectivity index (χ2n) is 4.99. The summed E-state index contributed by atoms with van der Waals surface area (Å²) in [5.41, 5.74) is 0.313. The Labute approximate surface area is 113 Å². The molecule has 4 heteroatoms. The van der Waals surface area contributed by atoms with Gasteiger partial charge in [0.25, 0.3) is 0 Å². The van der Waals surface area contributed by atoms with Gasteiger partial charge < -0.3 is 10.6 Å². The molecule has 1 atom stereocenters. The first-order chi connectivity index (χ1) is 9.11. The molecule has 0 aromatic heterocycles. The van der Waals surface area contributed by atoms with E-state index in [0.717, 1.165) is 5.56 Å². The molecule has 1 aliphatic rings. The molecule has 2 rings (SSSR count). The fourth-order valence-electron chi connectivity index (χ4n) is 2.48. The van der Waals surface area contributed by atoms with Crippen molar-refractivity contribution < 1.29 is 9.59 Å². The van der Waals surface area contributed by atoms with E-state index in [1.54, 1.807) is 0 Å². The van der Waals surface area contributed by atoms with E-state index in [9.17, 15) is 9.59 Å². The standard InChI is InChI=1S/C15H20N2O2/c1-3-15(4-2)14(19)16-12(13(18)17-15)10-11-8-6-5-7-9-11/h5-9,12H,3-4,10H2,1-2H3,(H,16,19)(H,17,18). The third-order valence-electron chi connectivity index (χ3n) is 3.91. The highest BCUT2D eigenvalue weighted by molar-refractivity contribution is 5.99. The van der Waals surface area contributed by atoms with Crippen molar-refractivity contribution in [1.82, 2.24) is 10.6 Å². The van der Waals surface area contributed by atoms with Crippen LogP contribution < -0.4 is 10.6 Å². The normalized spacial score (nSPS) is 21.7. The van der Waals surface area contributed by atoms with Crippen LogP contribution in [0.2, 0.25) is 0 Å². The van der Waals surface area contributed by atoms with Crippen molar-refractivity contribution in [2.75, 3.05) is 0 Å². The van der Waals surface area contributed by atoms with Crippen LogP contribution in [0.1, 0.15) is 32.3 Å².